The molecule has 2 aromatic rings. The Morgan fingerprint density at radius 2 is 2.15 bits per heavy atom. The molecule has 13 heavy (non-hydrogen) atoms. The van der Waals surface area contributed by atoms with E-state index in [-0.39, 0.29) is 0 Å². The Kier molecular flexibility index (Phi) is 1.30. The maximum atomic E-state index is 4.10. The zero-order valence-electron chi connectivity index (χ0n) is 7.25. The molecule has 0 saturated carbocycles. The first kappa shape index (κ1) is 6.89. The number of aromatic amines is 1. The van der Waals surface area contributed by atoms with Gasteiger partial charge in [0.1, 0.15) is 0 Å². The zero-order chi connectivity index (χ0) is 8.67. The van der Waals surface area contributed by atoms with E-state index in [1.807, 2.05) is 12.4 Å². The molecule has 64 valence electrons. The van der Waals surface area contributed by atoms with Crippen molar-refractivity contribution in [2.75, 3.05) is 0 Å². The van der Waals surface area contributed by atoms with Crippen LogP contribution in [0.2, 0.25) is 0 Å². The highest BCUT2D eigenvalue weighted by molar-refractivity contribution is 5.80. The number of aromatic nitrogens is 2. The van der Waals surface area contributed by atoms with Gasteiger partial charge in [-0.25, -0.2) is 0 Å². The summed E-state index contributed by atoms with van der Waals surface area (Å²) in [7, 11) is 0. The van der Waals surface area contributed by atoms with Crippen LogP contribution in [0.3, 0.4) is 0 Å². The van der Waals surface area contributed by atoms with Crippen LogP contribution in [-0.4, -0.2) is 9.97 Å². The van der Waals surface area contributed by atoms with E-state index >= 15 is 0 Å². The third-order valence-electron chi connectivity index (χ3n) is 2.53. The summed E-state index contributed by atoms with van der Waals surface area (Å²) in [5, 5.41) is 3.90. The lowest BCUT2D eigenvalue weighted by Gasteiger charge is -1.92. The molecule has 1 aliphatic rings. The van der Waals surface area contributed by atoms with Crippen LogP contribution in [0, 0.1) is 0 Å². The second-order valence-corrected chi connectivity index (χ2v) is 3.36. The molecule has 0 unspecified atom stereocenters. The molecule has 1 N–H and O–H groups in total. The second kappa shape index (κ2) is 2.46. The Bertz CT molecular complexity index is 563. The molecule has 2 nitrogen and oxygen atoms in total. The molecule has 0 spiro atoms. The normalized spacial score (nSPS) is 14.8. The van der Waals surface area contributed by atoms with Gasteiger partial charge < -0.3 is 4.98 Å². The molecule has 0 aromatic carbocycles. The van der Waals surface area contributed by atoms with Crippen molar-refractivity contribution in [3.63, 3.8) is 0 Å². The first-order valence-corrected chi connectivity index (χ1v) is 4.57. The number of pyridine rings is 1. The molecule has 1 aliphatic carbocycles. The van der Waals surface area contributed by atoms with Gasteiger partial charge in [0, 0.05) is 22.2 Å². The predicted octanol–water partition coefficient (Wildman–Crippen LogP) is 0.918. The number of hydrogen-bond acceptors (Lipinski definition) is 1. The minimum absolute atomic E-state index is 1.14. The lowest BCUT2D eigenvalue weighted by molar-refractivity contribution is 1.11. The third-order valence-corrected chi connectivity index (χ3v) is 2.53. The average molecular weight is 170 g/mol. The molecular formula is C11H10N2. The molecule has 3 rings (SSSR count). The van der Waals surface area contributed by atoms with Gasteiger partial charge in [-0.2, -0.15) is 0 Å². The summed E-state index contributed by atoms with van der Waals surface area (Å²) in [6, 6.07) is 2.07. The van der Waals surface area contributed by atoms with Crippen LogP contribution in [0.1, 0.15) is 12.8 Å². The Morgan fingerprint density at radius 3 is 3.15 bits per heavy atom. The van der Waals surface area contributed by atoms with E-state index in [0.717, 1.165) is 18.4 Å². The predicted molar refractivity (Wildman–Crippen MR) is 53.5 cm³/mol. The van der Waals surface area contributed by atoms with E-state index in [1.54, 1.807) is 0 Å². The standard InChI is InChI=1S/C11H10N2/c1-2-4-10-8(3-1)9-5-6-12-7-11(9)13-10/h3-7,13H,1-2H2. The summed E-state index contributed by atoms with van der Waals surface area (Å²) in [6.07, 6.45) is 10.6. The lowest BCUT2D eigenvalue weighted by atomic mass is 10.1. The third kappa shape index (κ3) is 0.917. The van der Waals surface area contributed by atoms with Crippen LogP contribution < -0.4 is 10.6 Å². The fourth-order valence-corrected chi connectivity index (χ4v) is 1.92. The summed E-state index contributed by atoms with van der Waals surface area (Å²) >= 11 is 0. The van der Waals surface area contributed by atoms with Crippen LogP contribution in [0.4, 0.5) is 0 Å². The number of fused-ring (bicyclic) bond motifs is 3. The monoisotopic (exact) mass is 170 g/mol. The van der Waals surface area contributed by atoms with Crippen molar-refractivity contribution in [3.8, 4) is 0 Å². The quantitative estimate of drug-likeness (QED) is 0.625. The fourth-order valence-electron chi connectivity index (χ4n) is 1.92. The van der Waals surface area contributed by atoms with E-state index in [1.165, 1.54) is 16.0 Å². The van der Waals surface area contributed by atoms with Gasteiger partial charge in [0.2, 0.25) is 0 Å². The van der Waals surface area contributed by atoms with E-state index in [0.29, 0.717) is 0 Å². The molecule has 0 amide bonds. The molecule has 2 heterocycles. The summed E-state index contributed by atoms with van der Waals surface area (Å²) < 4.78 is 0. The molecule has 2 aromatic heterocycles. The van der Waals surface area contributed by atoms with Crippen molar-refractivity contribution in [2.24, 2.45) is 0 Å². The number of hydrogen-bond donors (Lipinski definition) is 1. The summed E-state index contributed by atoms with van der Waals surface area (Å²) in [5.41, 5.74) is 1.14. The number of H-pyrrole nitrogens is 1. The van der Waals surface area contributed by atoms with Gasteiger partial charge in [-0.05, 0) is 18.9 Å². The van der Waals surface area contributed by atoms with Crippen molar-refractivity contribution in [3.05, 3.63) is 29.0 Å². The maximum Gasteiger partial charge on any atom is 0.0651 e. The van der Waals surface area contributed by atoms with E-state index in [2.05, 4.69) is 28.2 Å². The minimum atomic E-state index is 1.14. The van der Waals surface area contributed by atoms with Crippen LogP contribution in [0.5, 0.6) is 0 Å². The maximum absolute atomic E-state index is 4.10. The van der Waals surface area contributed by atoms with Gasteiger partial charge in [-0.15, -0.1) is 0 Å². The smallest absolute Gasteiger partial charge is 0.0651 e. The first-order valence-electron chi connectivity index (χ1n) is 4.57. The van der Waals surface area contributed by atoms with Crippen molar-refractivity contribution in [1.82, 2.24) is 9.97 Å². The van der Waals surface area contributed by atoms with E-state index in [4.69, 9.17) is 0 Å². The number of rotatable bonds is 0. The number of nitrogens with one attached hydrogen (secondary N) is 1. The Hall–Kier alpha value is -1.57. The molecule has 0 atom stereocenters. The van der Waals surface area contributed by atoms with Gasteiger partial charge in [0.15, 0.2) is 0 Å². The minimum Gasteiger partial charge on any atom is -0.354 e. The van der Waals surface area contributed by atoms with Crippen LogP contribution in [0.25, 0.3) is 23.1 Å². The lowest BCUT2D eigenvalue weighted by Crippen LogP contribution is -2.24. The van der Waals surface area contributed by atoms with Crippen molar-refractivity contribution in [2.45, 2.75) is 12.8 Å². The second-order valence-electron chi connectivity index (χ2n) is 3.36. The van der Waals surface area contributed by atoms with Crippen molar-refractivity contribution in [1.29, 1.82) is 0 Å². The highest BCUT2D eigenvalue weighted by atomic mass is 14.7. The van der Waals surface area contributed by atoms with Crippen molar-refractivity contribution < 1.29 is 0 Å². The number of nitrogens with zero attached hydrogens (tertiary/aromatic N) is 1. The Balaban J connectivity index is 2.63. The van der Waals surface area contributed by atoms with Crippen molar-refractivity contribution >= 4 is 23.1 Å². The van der Waals surface area contributed by atoms with Crippen LogP contribution in [0.15, 0.2) is 18.5 Å². The first-order chi connectivity index (χ1) is 6.45. The Labute approximate surface area is 75.6 Å². The molecule has 2 heteroatoms. The van der Waals surface area contributed by atoms with E-state index in [9.17, 15) is 0 Å². The van der Waals surface area contributed by atoms with Gasteiger partial charge in [0.05, 0.1) is 11.7 Å². The topological polar surface area (TPSA) is 28.7 Å². The van der Waals surface area contributed by atoms with Gasteiger partial charge >= 0.3 is 0 Å². The zero-order valence-corrected chi connectivity index (χ0v) is 7.25. The molecule has 0 bridgehead atoms. The molecule has 0 saturated heterocycles. The van der Waals surface area contributed by atoms with Gasteiger partial charge in [0.25, 0.3) is 0 Å². The van der Waals surface area contributed by atoms with Gasteiger partial charge in [-0.3, -0.25) is 4.98 Å². The largest absolute Gasteiger partial charge is 0.354 e. The average Bonchev–Trinajstić information content (AvgIpc) is 2.56. The molecule has 0 aliphatic heterocycles. The molecular weight excluding hydrogens is 160 g/mol. The highest BCUT2D eigenvalue weighted by Crippen LogP contribution is 2.04. The summed E-state index contributed by atoms with van der Waals surface area (Å²) in [6.45, 7) is 0. The molecule has 0 radical (unpaired) electrons. The highest BCUT2D eigenvalue weighted by Gasteiger charge is 2.01. The van der Waals surface area contributed by atoms with Crippen LogP contribution in [-0.2, 0) is 0 Å². The fraction of sp³-hybridized carbons (Fsp3) is 0.182. The summed E-state index contributed by atoms with van der Waals surface area (Å²) in [4.78, 5) is 7.46. The SMILES string of the molecule is C1=c2[nH]c3cnccc3c2=CCC1. The molecule has 0 fully saturated rings. The van der Waals surface area contributed by atoms with E-state index < -0.39 is 0 Å². The van der Waals surface area contributed by atoms with Crippen LogP contribution >= 0.6 is 0 Å². The summed E-state index contributed by atoms with van der Waals surface area (Å²) in [5.74, 6) is 0. The Morgan fingerprint density at radius 1 is 1.23 bits per heavy atom. The van der Waals surface area contributed by atoms with Gasteiger partial charge in [-0.1, -0.05) is 12.2 Å².